The van der Waals surface area contributed by atoms with Crippen molar-refractivity contribution in [2.24, 2.45) is 0 Å². The second-order valence-corrected chi connectivity index (χ2v) is 9.84. The number of nitrogens with one attached hydrogen (secondary N) is 2. The van der Waals surface area contributed by atoms with Crippen molar-refractivity contribution in [1.29, 1.82) is 0 Å². The molecular weight excluding hydrogens is 475 g/mol. The smallest absolute Gasteiger partial charge is 0.251 e. The van der Waals surface area contributed by atoms with Gasteiger partial charge in [-0.3, -0.25) is 14.4 Å². The van der Waals surface area contributed by atoms with Gasteiger partial charge in [-0.25, -0.2) is 4.39 Å². The highest BCUT2D eigenvalue weighted by atomic mass is 19.1. The Morgan fingerprint density at radius 1 is 1.03 bits per heavy atom. The van der Waals surface area contributed by atoms with Gasteiger partial charge in [0.2, 0.25) is 11.8 Å². The van der Waals surface area contributed by atoms with Crippen LogP contribution in [-0.4, -0.2) is 79.9 Å². The lowest BCUT2D eigenvalue weighted by molar-refractivity contribution is -0.135. The Morgan fingerprint density at radius 2 is 1.70 bits per heavy atom. The maximum absolute atomic E-state index is 13.3. The first-order chi connectivity index (χ1) is 17.8. The zero-order chi connectivity index (χ0) is 26.4. The van der Waals surface area contributed by atoms with E-state index in [0.29, 0.717) is 31.8 Å². The second-order valence-electron chi connectivity index (χ2n) is 9.84. The molecule has 3 atom stereocenters. The molecule has 3 amide bonds. The number of rotatable bonds is 10. The van der Waals surface area contributed by atoms with Crippen molar-refractivity contribution < 1.29 is 23.5 Å². The van der Waals surface area contributed by atoms with Gasteiger partial charge >= 0.3 is 0 Å². The van der Waals surface area contributed by atoms with Crippen molar-refractivity contribution >= 4 is 17.7 Å². The summed E-state index contributed by atoms with van der Waals surface area (Å²) < 4.78 is 18.5. The third-order valence-corrected chi connectivity index (χ3v) is 7.10. The lowest BCUT2D eigenvalue weighted by Gasteiger charge is -2.34. The van der Waals surface area contributed by atoms with E-state index in [1.54, 1.807) is 12.0 Å². The van der Waals surface area contributed by atoms with Gasteiger partial charge in [0.25, 0.3) is 5.91 Å². The first kappa shape index (κ1) is 26.6. The van der Waals surface area contributed by atoms with Crippen LogP contribution in [0.5, 0.6) is 5.75 Å². The normalized spacial score (nSPS) is 20.1. The monoisotopic (exact) mass is 510 g/mol. The fourth-order valence-corrected chi connectivity index (χ4v) is 4.67. The molecule has 37 heavy (non-hydrogen) atoms. The highest BCUT2D eigenvalue weighted by Gasteiger charge is 2.39. The Bertz CT molecular complexity index is 1080. The maximum Gasteiger partial charge on any atom is 0.251 e. The molecule has 0 spiro atoms. The molecule has 2 aliphatic rings. The van der Waals surface area contributed by atoms with Crippen LogP contribution in [0.25, 0.3) is 0 Å². The third-order valence-electron chi connectivity index (χ3n) is 7.10. The fourth-order valence-electron chi connectivity index (χ4n) is 4.67. The summed E-state index contributed by atoms with van der Waals surface area (Å²) in [4.78, 5) is 42.5. The summed E-state index contributed by atoms with van der Waals surface area (Å²) in [5.74, 6) is 0.0331. The number of ether oxygens (including phenoxy) is 1. The first-order valence-electron chi connectivity index (χ1n) is 12.8. The van der Waals surface area contributed by atoms with Crippen LogP contribution in [0.2, 0.25) is 0 Å². The molecule has 8 nitrogen and oxygen atoms in total. The van der Waals surface area contributed by atoms with Gasteiger partial charge in [-0.05, 0) is 68.3 Å². The Morgan fingerprint density at radius 3 is 2.35 bits per heavy atom. The highest BCUT2D eigenvalue weighted by Crippen LogP contribution is 2.41. The van der Waals surface area contributed by atoms with Gasteiger partial charge in [0.05, 0.1) is 7.11 Å². The van der Waals surface area contributed by atoms with Gasteiger partial charge in [0.15, 0.2) is 0 Å². The largest absolute Gasteiger partial charge is 0.497 e. The summed E-state index contributed by atoms with van der Waals surface area (Å²) in [6, 6.07) is 12.5. The molecule has 9 heteroatoms. The van der Waals surface area contributed by atoms with Crippen LogP contribution < -0.4 is 15.4 Å². The van der Waals surface area contributed by atoms with E-state index in [1.165, 1.54) is 29.8 Å². The lowest BCUT2D eigenvalue weighted by Crippen LogP contribution is -2.54. The van der Waals surface area contributed by atoms with E-state index in [1.807, 2.05) is 31.3 Å². The molecule has 4 rings (SSSR count). The Labute approximate surface area is 217 Å². The van der Waals surface area contributed by atoms with Crippen LogP contribution in [0.3, 0.4) is 0 Å². The van der Waals surface area contributed by atoms with Crippen LogP contribution in [-0.2, 0) is 9.59 Å². The van der Waals surface area contributed by atoms with Gasteiger partial charge in [-0.15, -0.1) is 0 Å². The molecule has 1 aliphatic carbocycles. The van der Waals surface area contributed by atoms with Crippen molar-refractivity contribution in [1.82, 2.24) is 20.4 Å². The van der Waals surface area contributed by atoms with Crippen LogP contribution >= 0.6 is 0 Å². The topological polar surface area (TPSA) is 91.0 Å². The molecule has 2 fully saturated rings. The van der Waals surface area contributed by atoms with Gasteiger partial charge in [-0.1, -0.05) is 12.1 Å². The summed E-state index contributed by atoms with van der Waals surface area (Å²) in [6.07, 6.45) is 1.97. The SMILES string of the molecule is COc1ccc([C@@H]2C[C@H]2NC(=O)CCCC(NC(=O)c2ccc(F)cc2)C(=O)N2CCN(C)CC2)cc1. The van der Waals surface area contributed by atoms with Gasteiger partial charge < -0.3 is 25.2 Å². The molecule has 2 N–H and O–H groups in total. The number of carbonyl (C=O) groups excluding carboxylic acids is 3. The predicted molar refractivity (Wildman–Crippen MR) is 138 cm³/mol. The number of carbonyl (C=O) groups is 3. The first-order valence-corrected chi connectivity index (χ1v) is 12.8. The number of nitrogens with zero attached hydrogens (tertiary/aromatic N) is 2. The summed E-state index contributed by atoms with van der Waals surface area (Å²) in [6.45, 7) is 2.72. The van der Waals surface area contributed by atoms with E-state index in [2.05, 4.69) is 15.5 Å². The van der Waals surface area contributed by atoms with E-state index in [4.69, 9.17) is 4.74 Å². The van der Waals surface area contributed by atoms with Gasteiger partial charge in [0, 0.05) is 50.1 Å². The summed E-state index contributed by atoms with van der Waals surface area (Å²) in [5, 5.41) is 5.90. The molecule has 1 saturated carbocycles. The van der Waals surface area contributed by atoms with E-state index in [-0.39, 0.29) is 29.8 Å². The molecule has 2 aromatic rings. The minimum absolute atomic E-state index is 0.0586. The van der Waals surface area contributed by atoms with Crippen LogP contribution in [0.4, 0.5) is 4.39 Å². The second kappa shape index (κ2) is 12.2. The number of amides is 3. The zero-order valence-electron chi connectivity index (χ0n) is 21.4. The quantitative estimate of drug-likeness (QED) is 0.513. The summed E-state index contributed by atoms with van der Waals surface area (Å²) in [7, 11) is 3.64. The van der Waals surface area contributed by atoms with Crippen molar-refractivity contribution in [3.63, 3.8) is 0 Å². The number of hydrogen-bond acceptors (Lipinski definition) is 5. The lowest BCUT2D eigenvalue weighted by atomic mass is 10.1. The van der Waals surface area contributed by atoms with E-state index >= 15 is 0 Å². The van der Waals surface area contributed by atoms with Crippen molar-refractivity contribution in [2.45, 2.75) is 43.7 Å². The summed E-state index contributed by atoms with van der Waals surface area (Å²) in [5.41, 5.74) is 1.46. The predicted octanol–water partition coefficient (Wildman–Crippen LogP) is 2.55. The molecule has 1 unspecified atom stereocenters. The zero-order valence-corrected chi connectivity index (χ0v) is 21.4. The van der Waals surface area contributed by atoms with Crippen LogP contribution in [0.15, 0.2) is 48.5 Å². The Balaban J connectivity index is 1.29. The summed E-state index contributed by atoms with van der Waals surface area (Å²) >= 11 is 0. The minimum atomic E-state index is -0.748. The molecular formula is C28H35FN4O4. The maximum atomic E-state index is 13.3. The Kier molecular flexibility index (Phi) is 8.76. The molecule has 0 bridgehead atoms. The van der Waals surface area contributed by atoms with Gasteiger partial charge in [0.1, 0.15) is 17.6 Å². The number of halogens is 1. The number of hydrogen-bond donors (Lipinski definition) is 2. The molecule has 0 aromatic heterocycles. The van der Waals surface area contributed by atoms with Crippen molar-refractivity contribution in [3.05, 3.63) is 65.5 Å². The molecule has 0 radical (unpaired) electrons. The van der Waals surface area contributed by atoms with E-state index < -0.39 is 17.8 Å². The molecule has 1 aliphatic heterocycles. The Hall–Kier alpha value is -3.46. The minimum Gasteiger partial charge on any atom is -0.497 e. The number of likely N-dealkylation sites (N-methyl/N-ethyl adjacent to an activating group) is 1. The average Bonchev–Trinajstić information content (AvgIpc) is 3.67. The number of piperazine rings is 1. The van der Waals surface area contributed by atoms with Crippen molar-refractivity contribution in [2.75, 3.05) is 40.3 Å². The molecule has 1 heterocycles. The highest BCUT2D eigenvalue weighted by molar-refractivity contribution is 5.97. The number of benzene rings is 2. The fraction of sp³-hybridized carbons (Fsp3) is 0.464. The number of methoxy groups -OCH3 is 1. The van der Waals surface area contributed by atoms with Crippen molar-refractivity contribution in [3.8, 4) is 5.75 Å². The molecule has 2 aromatic carbocycles. The van der Waals surface area contributed by atoms with E-state index in [9.17, 15) is 18.8 Å². The standard InChI is InChI=1S/C28H35FN4O4/c1-32-14-16-33(17-15-32)28(36)24(31-27(35)20-6-10-21(29)11-7-20)4-3-5-26(34)30-25-18-23(25)19-8-12-22(37-2)13-9-19/h6-13,23-25H,3-5,14-18H2,1-2H3,(H,30,34)(H,31,35)/t23-,24?,25+/m0/s1. The molecule has 198 valence electrons. The third kappa shape index (κ3) is 7.29. The average molecular weight is 511 g/mol. The van der Waals surface area contributed by atoms with Crippen LogP contribution in [0, 0.1) is 5.82 Å². The molecule has 1 saturated heterocycles. The van der Waals surface area contributed by atoms with Crippen LogP contribution in [0.1, 0.15) is 47.5 Å². The van der Waals surface area contributed by atoms with E-state index in [0.717, 1.165) is 25.3 Å². The van der Waals surface area contributed by atoms with Gasteiger partial charge in [-0.2, -0.15) is 0 Å².